The van der Waals surface area contributed by atoms with Crippen molar-refractivity contribution >= 4 is 38.5 Å². The van der Waals surface area contributed by atoms with E-state index in [2.05, 4.69) is 61.5 Å². The molecule has 0 bridgehead atoms. The first kappa shape index (κ1) is 23.8. The number of allylic oxidation sites excluding steroid dienone is 5. The van der Waals surface area contributed by atoms with E-state index in [4.69, 9.17) is 16.5 Å². The molecular weight excluding hydrogens is 458 g/mol. The number of nitrogens with two attached hydrogens (primary N) is 2. The zero-order chi connectivity index (χ0) is 24.9. The minimum atomic E-state index is 0.0535. The number of rotatable bonds is 7. The van der Waals surface area contributed by atoms with E-state index in [0.29, 0.717) is 0 Å². The third kappa shape index (κ3) is 5.19. The molecule has 180 valence electrons. The molecule has 4 N–H and O–H groups in total. The van der Waals surface area contributed by atoms with Gasteiger partial charge >= 0.3 is 0 Å². The Hall–Kier alpha value is -3.89. The van der Waals surface area contributed by atoms with E-state index >= 15 is 0 Å². The smallest absolute Gasteiger partial charge is 0.0667 e. The molecule has 0 saturated carbocycles. The first-order chi connectivity index (χ1) is 17.6. The van der Waals surface area contributed by atoms with Crippen LogP contribution in [0.3, 0.4) is 0 Å². The van der Waals surface area contributed by atoms with Crippen LogP contribution in [0.4, 0.5) is 5.69 Å². The summed E-state index contributed by atoms with van der Waals surface area (Å²) in [4.78, 5) is 6.45. The summed E-state index contributed by atoms with van der Waals surface area (Å²) in [6, 6.07) is 26.9. The van der Waals surface area contributed by atoms with E-state index in [1.54, 1.807) is 11.3 Å². The molecule has 1 heterocycles. The molecule has 1 atom stereocenters. The van der Waals surface area contributed by atoms with Crippen LogP contribution in [0.15, 0.2) is 114 Å². The summed E-state index contributed by atoms with van der Waals surface area (Å²) in [5, 5.41) is 1.28. The highest BCUT2D eigenvalue weighted by Crippen LogP contribution is 2.41. The van der Waals surface area contributed by atoms with Gasteiger partial charge in [0, 0.05) is 26.5 Å². The second kappa shape index (κ2) is 10.8. The molecule has 1 aliphatic carbocycles. The van der Waals surface area contributed by atoms with Crippen LogP contribution in [0.5, 0.6) is 0 Å². The maximum Gasteiger partial charge on any atom is 0.0667 e. The number of para-hydroxylation sites is 1. The van der Waals surface area contributed by atoms with E-state index in [0.717, 1.165) is 53.1 Å². The second-order valence-corrected chi connectivity index (χ2v) is 10.2. The van der Waals surface area contributed by atoms with Crippen molar-refractivity contribution in [3.05, 3.63) is 120 Å². The molecular formula is C32H31N3S. The number of thiophene rings is 1. The van der Waals surface area contributed by atoms with Crippen LogP contribution in [-0.4, -0.2) is 11.8 Å². The maximum atomic E-state index is 6.52. The Kier molecular flexibility index (Phi) is 7.15. The number of anilines is 1. The van der Waals surface area contributed by atoms with Gasteiger partial charge in [0.05, 0.1) is 11.8 Å². The Morgan fingerprint density at radius 1 is 0.972 bits per heavy atom. The highest BCUT2D eigenvalue weighted by molar-refractivity contribution is 7.22. The number of nitrogen functional groups attached to an aromatic ring is 1. The fourth-order valence-electron chi connectivity index (χ4n) is 4.66. The van der Waals surface area contributed by atoms with Gasteiger partial charge < -0.3 is 11.5 Å². The lowest BCUT2D eigenvalue weighted by Crippen LogP contribution is -2.11. The lowest BCUT2D eigenvalue weighted by Gasteiger charge is -2.14. The first-order valence-electron chi connectivity index (χ1n) is 12.4. The van der Waals surface area contributed by atoms with Crippen LogP contribution in [0.2, 0.25) is 0 Å². The molecule has 0 spiro atoms. The van der Waals surface area contributed by atoms with E-state index in [1.807, 2.05) is 48.5 Å². The molecule has 1 aromatic heterocycles. The van der Waals surface area contributed by atoms with Gasteiger partial charge in [0.25, 0.3) is 0 Å². The van der Waals surface area contributed by atoms with Gasteiger partial charge in [-0.05, 0) is 66.5 Å². The lowest BCUT2D eigenvalue weighted by atomic mass is 9.98. The van der Waals surface area contributed by atoms with Crippen LogP contribution in [0, 0.1) is 0 Å². The van der Waals surface area contributed by atoms with Crippen molar-refractivity contribution in [2.24, 2.45) is 10.7 Å². The Morgan fingerprint density at radius 2 is 1.72 bits per heavy atom. The van der Waals surface area contributed by atoms with Crippen LogP contribution in [0.25, 0.3) is 26.2 Å². The lowest BCUT2D eigenvalue weighted by molar-refractivity contribution is 0.747. The number of hydrogen-bond donors (Lipinski definition) is 2. The third-order valence-corrected chi connectivity index (χ3v) is 7.70. The van der Waals surface area contributed by atoms with Gasteiger partial charge in [0.2, 0.25) is 0 Å². The molecule has 0 radical (unpaired) electrons. The predicted octanol–water partition coefficient (Wildman–Crippen LogP) is 7.80. The summed E-state index contributed by atoms with van der Waals surface area (Å²) < 4.78 is 1.27. The monoisotopic (exact) mass is 489 g/mol. The summed E-state index contributed by atoms with van der Waals surface area (Å²) in [7, 11) is 0. The molecule has 4 heteroatoms. The van der Waals surface area contributed by atoms with Crippen molar-refractivity contribution in [2.75, 3.05) is 5.73 Å². The largest absolute Gasteiger partial charge is 0.398 e. The molecule has 0 amide bonds. The second-order valence-electron chi connectivity index (χ2n) is 9.17. The van der Waals surface area contributed by atoms with Crippen molar-refractivity contribution in [1.29, 1.82) is 0 Å². The van der Waals surface area contributed by atoms with Crippen LogP contribution in [-0.2, 0) is 6.42 Å². The molecule has 1 aliphatic rings. The first-order valence-corrected chi connectivity index (χ1v) is 13.2. The van der Waals surface area contributed by atoms with Crippen molar-refractivity contribution in [1.82, 2.24) is 0 Å². The van der Waals surface area contributed by atoms with Gasteiger partial charge in [-0.15, -0.1) is 11.3 Å². The number of benzene rings is 3. The normalized spacial score (nSPS) is 15.2. The zero-order valence-electron chi connectivity index (χ0n) is 20.5. The Morgan fingerprint density at radius 3 is 2.50 bits per heavy atom. The molecule has 36 heavy (non-hydrogen) atoms. The minimum Gasteiger partial charge on any atom is -0.398 e. The van der Waals surface area contributed by atoms with Gasteiger partial charge in [-0.1, -0.05) is 85.0 Å². The van der Waals surface area contributed by atoms with Crippen molar-refractivity contribution in [2.45, 2.75) is 32.2 Å². The van der Waals surface area contributed by atoms with Crippen LogP contribution >= 0.6 is 11.3 Å². The summed E-state index contributed by atoms with van der Waals surface area (Å²) in [5.41, 5.74) is 19.9. The SMILES string of the molecule is C[C@H](Cc1c(-c2ccccc2N)sc2ccccc12)/N=C(\C=C(/N)c1ccccc1)C1=CCCC=C1. The summed E-state index contributed by atoms with van der Waals surface area (Å²) in [5.74, 6) is 0. The molecule has 3 aromatic carbocycles. The number of fused-ring (bicyclic) bond motifs is 1. The van der Waals surface area contributed by atoms with Gasteiger partial charge in [-0.25, -0.2) is 0 Å². The summed E-state index contributed by atoms with van der Waals surface area (Å²) in [6.45, 7) is 2.18. The fourth-order valence-corrected chi connectivity index (χ4v) is 5.94. The van der Waals surface area contributed by atoms with E-state index in [9.17, 15) is 0 Å². The maximum absolute atomic E-state index is 6.52. The van der Waals surface area contributed by atoms with E-state index in [1.165, 1.54) is 20.5 Å². The average Bonchev–Trinajstić information content (AvgIpc) is 3.27. The minimum absolute atomic E-state index is 0.0535. The van der Waals surface area contributed by atoms with Gasteiger partial charge in [0.1, 0.15) is 0 Å². The average molecular weight is 490 g/mol. The van der Waals surface area contributed by atoms with Gasteiger partial charge in [0.15, 0.2) is 0 Å². The van der Waals surface area contributed by atoms with E-state index in [-0.39, 0.29) is 6.04 Å². The number of nitrogens with zero attached hydrogens (tertiary/aromatic N) is 1. The molecule has 0 aliphatic heterocycles. The highest BCUT2D eigenvalue weighted by atomic mass is 32.1. The van der Waals surface area contributed by atoms with E-state index < -0.39 is 0 Å². The molecule has 4 aromatic rings. The molecule has 0 unspecified atom stereocenters. The van der Waals surface area contributed by atoms with Gasteiger partial charge in [-0.2, -0.15) is 0 Å². The third-order valence-electron chi connectivity index (χ3n) is 6.45. The zero-order valence-corrected chi connectivity index (χ0v) is 21.3. The highest BCUT2D eigenvalue weighted by Gasteiger charge is 2.18. The summed E-state index contributed by atoms with van der Waals surface area (Å²) >= 11 is 1.81. The topological polar surface area (TPSA) is 64.4 Å². The summed E-state index contributed by atoms with van der Waals surface area (Å²) in [6.07, 6.45) is 11.6. The predicted molar refractivity (Wildman–Crippen MR) is 157 cm³/mol. The Bertz CT molecular complexity index is 1490. The van der Waals surface area contributed by atoms with Crippen molar-refractivity contribution in [3.8, 4) is 10.4 Å². The van der Waals surface area contributed by atoms with Gasteiger partial charge in [-0.3, -0.25) is 4.99 Å². The number of hydrogen-bond acceptors (Lipinski definition) is 4. The molecule has 0 saturated heterocycles. The molecule has 5 rings (SSSR count). The van der Waals surface area contributed by atoms with Crippen molar-refractivity contribution in [3.63, 3.8) is 0 Å². The molecule has 0 fully saturated rings. The Balaban J connectivity index is 1.54. The van der Waals surface area contributed by atoms with Crippen molar-refractivity contribution < 1.29 is 0 Å². The molecule has 3 nitrogen and oxygen atoms in total. The Labute approximate surface area is 217 Å². The van der Waals surface area contributed by atoms with Crippen LogP contribution in [0.1, 0.15) is 30.9 Å². The fraction of sp³-hybridized carbons (Fsp3) is 0.156. The van der Waals surface area contributed by atoms with Crippen LogP contribution < -0.4 is 11.5 Å². The quantitative estimate of drug-likeness (QED) is 0.205. The standard InChI is InChI=1S/C32H31N3S/c1-22(35-30(24-14-6-3-7-15-24)21-29(34)23-12-4-2-5-13-23)20-27-25-16-9-11-19-31(25)36-32(27)26-17-8-10-18-28(26)33/h2,4-6,8-19,21-22H,3,7,20,33-34H2,1H3/b29-21-,35-30+/t22-/m1/s1. The number of aliphatic imine (C=N–C) groups is 1.